The van der Waals surface area contributed by atoms with Crippen LogP contribution in [-0.2, 0) is 14.3 Å². The summed E-state index contributed by atoms with van der Waals surface area (Å²) in [6.07, 6.45) is 0. The van der Waals surface area contributed by atoms with E-state index in [-0.39, 0.29) is 17.5 Å². The Hall–Kier alpha value is -2.90. The molecular weight excluding hydrogens is 499 g/mol. The summed E-state index contributed by atoms with van der Waals surface area (Å²) in [4.78, 5) is 31.4. The van der Waals surface area contributed by atoms with Crippen LogP contribution in [0, 0.1) is 13.8 Å². The number of aryl methyl sites for hydroxylation is 2. The third kappa shape index (κ3) is 5.90. The Morgan fingerprint density at radius 2 is 1.64 bits per heavy atom. The number of morpholine rings is 1. The van der Waals surface area contributed by atoms with Gasteiger partial charge < -0.3 is 9.47 Å². The zero-order valence-electron chi connectivity index (χ0n) is 20.2. The number of hydrogen-bond acceptors (Lipinski definition) is 5. The fourth-order valence-electron chi connectivity index (χ4n) is 4.42. The summed E-state index contributed by atoms with van der Waals surface area (Å²) in [5, 5.41) is 0.748. The van der Waals surface area contributed by atoms with E-state index in [4.69, 9.17) is 32.7 Å². The summed E-state index contributed by atoms with van der Waals surface area (Å²) in [7, 11) is 0. The van der Waals surface area contributed by atoms with Crippen LogP contribution in [0.15, 0.2) is 66.7 Å². The van der Waals surface area contributed by atoms with E-state index in [1.54, 1.807) is 18.2 Å². The molecule has 1 atom stereocenters. The predicted octanol–water partition coefficient (Wildman–Crippen LogP) is 5.62. The number of carbonyl (C=O) groups is 2. The molecule has 1 aliphatic heterocycles. The highest BCUT2D eigenvalue weighted by Gasteiger charge is 2.37. The molecule has 1 saturated heterocycles. The van der Waals surface area contributed by atoms with Crippen LogP contribution >= 0.6 is 23.2 Å². The molecule has 6 nitrogen and oxygen atoms in total. The Morgan fingerprint density at radius 3 is 2.28 bits per heavy atom. The number of imide groups is 1. The molecule has 0 aliphatic carbocycles. The average Bonchev–Trinajstić information content (AvgIpc) is 2.87. The molecule has 0 N–H and O–H groups in total. The fraction of sp³-hybridized carbons (Fsp3) is 0.286. The first-order chi connectivity index (χ1) is 17.4. The first kappa shape index (κ1) is 26.2. The van der Waals surface area contributed by atoms with E-state index in [1.165, 1.54) is 4.90 Å². The number of hydrogen-bond donors (Lipinski definition) is 0. The molecule has 1 fully saturated rings. The molecule has 0 bridgehead atoms. The normalized spacial score (nSPS) is 14.8. The van der Waals surface area contributed by atoms with E-state index < -0.39 is 11.9 Å². The Kier molecular flexibility index (Phi) is 8.64. The van der Waals surface area contributed by atoms with Crippen molar-refractivity contribution in [2.45, 2.75) is 19.9 Å². The molecule has 3 aromatic carbocycles. The van der Waals surface area contributed by atoms with Gasteiger partial charge in [-0.25, -0.2) is 4.90 Å². The standard InChI is InChI=1S/C28H28Cl2N2O4/c1-19-7-6-8-20(2)26(19)32(25(33)18-36-24-12-11-22(29)17-23(24)30)28(34)27(21-9-4-3-5-10-21)31-13-15-35-16-14-31/h3-12,17,27H,13-16,18H2,1-2H3. The molecule has 4 rings (SSSR count). The SMILES string of the molecule is Cc1cccc(C)c1N(C(=O)COc1ccc(Cl)cc1Cl)C(=O)C(c1ccccc1)N1CCOCC1. The van der Waals surface area contributed by atoms with Gasteiger partial charge in [-0.05, 0) is 48.7 Å². The summed E-state index contributed by atoms with van der Waals surface area (Å²) in [6, 6.07) is 19.3. The maximum absolute atomic E-state index is 14.3. The Labute approximate surface area is 221 Å². The van der Waals surface area contributed by atoms with Crippen LogP contribution in [0.5, 0.6) is 5.75 Å². The summed E-state index contributed by atoms with van der Waals surface area (Å²) in [5.74, 6) is -0.509. The van der Waals surface area contributed by atoms with Crippen LogP contribution in [-0.4, -0.2) is 49.6 Å². The lowest BCUT2D eigenvalue weighted by molar-refractivity contribution is -0.132. The minimum Gasteiger partial charge on any atom is -0.482 e. The van der Waals surface area contributed by atoms with Gasteiger partial charge in [0.2, 0.25) is 0 Å². The second-order valence-corrected chi connectivity index (χ2v) is 9.48. The van der Waals surface area contributed by atoms with Crippen molar-refractivity contribution in [2.24, 2.45) is 0 Å². The predicted molar refractivity (Wildman–Crippen MR) is 142 cm³/mol. The van der Waals surface area contributed by atoms with E-state index in [2.05, 4.69) is 4.90 Å². The van der Waals surface area contributed by atoms with Crippen molar-refractivity contribution in [3.63, 3.8) is 0 Å². The van der Waals surface area contributed by atoms with Crippen molar-refractivity contribution in [3.05, 3.63) is 93.5 Å². The fourth-order valence-corrected chi connectivity index (χ4v) is 4.88. The van der Waals surface area contributed by atoms with Gasteiger partial charge >= 0.3 is 0 Å². The molecule has 1 aliphatic rings. The van der Waals surface area contributed by atoms with Crippen molar-refractivity contribution in [3.8, 4) is 5.75 Å². The monoisotopic (exact) mass is 526 g/mol. The highest BCUT2D eigenvalue weighted by molar-refractivity contribution is 6.35. The van der Waals surface area contributed by atoms with Gasteiger partial charge in [-0.3, -0.25) is 14.5 Å². The van der Waals surface area contributed by atoms with Crippen LogP contribution in [0.1, 0.15) is 22.7 Å². The van der Waals surface area contributed by atoms with Gasteiger partial charge in [-0.2, -0.15) is 0 Å². The third-order valence-electron chi connectivity index (χ3n) is 6.14. The first-order valence-corrected chi connectivity index (χ1v) is 12.5. The van der Waals surface area contributed by atoms with Crippen LogP contribution in [0.3, 0.4) is 0 Å². The lowest BCUT2D eigenvalue weighted by atomic mass is 10.0. The van der Waals surface area contributed by atoms with Crippen molar-refractivity contribution in [1.82, 2.24) is 4.90 Å². The van der Waals surface area contributed by atoms with Crippen molar-refractivity contribution >= 4 is 40.7 Å². The molecule has 2 amide bonds. The highest BCUT2D eigenvalue weighted by Crippen LogP contribution is 2.32. The number of halogens is 2. The molecule has 0 spiro atoms. The van der Waals surface area contributed by atoms with E-state index in [0.29, 0.717) is 42.8 Å². The summed E-state index contributed by atoms with van der Waals surface area (Å²) in [5.41, 5.74) is 3.01. The molecule has 0 saturated carbocycles. The van der Waals surface area contributed by atoms with Crippen LogP contribution in [0.2, 0.25) is 10.0 Å². The molecule has 1 heterocycles. The van der Waals surface area contributed by atoms with E-state index in [9.17, 15) is 9.59 Å². The Balaban J connectivity index is 1.72. The molecule has 36 heavy (non-hydrogen) atoms. The maximum Gasteiger partial charge on any atom is 0.271 e. The van der Waals surface area contributed by atoms with Gasteiger partial charge in [0.25, 0.3) is 11.8 Å². The molecule has 0 aromatic heterocycles. The van der Waals surface area contributed by atoms with Gasteiger partial charge in [0, 0.05) is 18.1 Å². The van der Waals surface area contributed by atoms with E-state index in [1.807, 2.05) is 62.4 Å². The van der Waals surface area contributed by atoms with Gasteiger partial charge in [-0.1, -0.05) is 71.7 Å². The number of carbonyl (C=O) groups excluding carboxylic acids is 2. The molecule has 188 valence electrons. The Morgan fingerprint density at radius 1 is 0.972 bits per heavy atom. The number of amides is 2. The molecule has 0 radical (unpaired) electrons. The number of nitrogens with zero attached hydrogens (tertiary/aromatic N) is 2. The van der Waals surface area contributed by atoms with Crippen molar-refractivity contribution in [1.29, 1.82) is 0 Å². The number of rotatable bonds is 7. The van der Waals surface area contributed by atoms with Gasteiger partial charge in [0.1, 0.15) is 11.8 Å². The summed E-state index contributed by atoms with van der Waals surface area (Å²) < 4.78 is 11.3. The smallest absolute Gasteiger partial charge is 0.271 e. The lowest BCUT2D eigenvalue weighted by Gasteiger charge is -2.37. The van der Waals surface area contributed by atoms with E-state index >= 15 is 0 Å². The topological polar surface area (TPSA) is 59.1 Å². The van der Waals surface area contributed by atoms with Crippen LogP contribution in [0.4, 0.5) is 5.69 Å². The quantitative estimate of drug-likeness (QED) is 0.399. The van der Waals surface area contributed by atoms with E-state index in [0.717, 1.165) is 16.7 Å². The molecule has 8 heteroatoms. The minimum atomic E-state index is -0.655. The zero-order valence-corrected chi connectivity index (χ0v) is 21.8. The summed E-state index contributed by atoms with van der Waals surface area (Å²) >= 11 is 12.2. The lowest BCUT2D eigenvalue weighted by Crippen LogP contribution is -2.50. The summed E-state index contributed by atoms with van der Waals surface area (Å²) in [6.45, 7) is 5.61. The second-order valence-electron chi connectivity index (χ2n) is 8.63. The third-order valence-corrected chi connectivity index (χ3v) is 6.67. The minimum absolute atomic E-state index is 0.288. The highest BCUT2D eigenvalue weighted by atomic mass is 35.5. The van der Waals surface area contributed by atoms with Gasteiger partial charge in [0.15, 0.2) is 6.61 Å². The maximum atomic E-state index is 14.3. The zero-order chi connectivity index (χ0) is 25.7. The number of para-hydroxylation sites is 1. The Bertz CT molecular complexity index is 1210. The van der Waals surface area contributed by atoms with Gasteiger partial charge in [0.05, 0.1) is 23.9 Å². The average molecular weight is 527 g/mol. The number of anilines is 1. The second kappa shape index (κ2) is 11.9. The van der Waals surface area contributed by atoms with Crippen LogP contribution in [0.25, 0.3) is 0 Å². The number of ether oxygens (including phenoxy) is 2. The van der Waals surface area contributed by atoms with Crippen molar-refractivity contribution in [2.75, 3.05) is 37.8 Å². The molecular formula is C28H28Cl2N2O4. The van der Waals surface area contributed by atoms with Crippen molar-refractivity contribution < 1.29 is 19.1 Å². The van der Waals surface area contributed by atoms with Gasteiger partial charge in [-0.15, -0.1) is 0 Å². The molecule has 1 unspecified atom stereocenters. The largest absolute Gasteiger partial charge is 0.482 e. The first-order valence-electron chi connectivity index (χ1n) is 11.7. The number of benzene rings is 3. The van der Waals surface area contributed by atoms with Crippen LogP contribution < -0.4 is 9.64 Å². The molecule has 3 aromatic rings.